The van der Waals surface area contributed by atoms with Crippen molar-refractivity contribution in [1.82, 2.24) is 5.32 Å². The fourth-order valence-corrected chi connectivity index (χ4v) is 1.83. The van der Waals surface area contributed by atoms with E-state index >= 15 is 0 Å². The van der Waals surface area contributed by atoms with Crippen LogP contribution in [0.4, 0.5) is 4.39 Å². The average Bonchev–Trinajstić information content (AvgIpc) is 2.46. The minimum absolute atomic E-state index is 0.139. The van der Waals surface area contributed by atoms with Gasteiger partial charge < -0.3 is 19.5 Å². The van der Waals surface area contributed by atoms with Crippen LogP contribution in [0.1, 0.15) is 18.5 Å². The van der Waals surface area contributed by atoms with Gasteiger partial charge >= 0.3 is 0 Å². The number of halogens is 1. The van der Waals surface area contributed by atoms with E-state index in [4.69, 9.17) is 14.2 Å². The third-order valence-corrected chi connectivity index (χ3v) is 2.82. The lowest BCUT2D eigenvalue weighted by Gasteiger charge is -2.19. The molecular formula is C15H24FNO3. The molecule has 114 valence electrons. The summed E-state index contributed by atoms with van der Waals surface area (Å²) in [5.74, 6) is -0.210. The summed E-state index contributed by atoms with van der Waals surface area (Å²) < 4.78 is 29.5. The zero-order valence-corrected chi connectivity index (χ0v) is 12.2. The van der Waals surface area contributed by atoms with E-state index in [-0.39, 0.29) is 11.9 Å². The minimum atomic E-state index is -0.210. The number of ether oxygens (including phenoxy) is 3. The van der Waals surface area contributed by atoms with Crippen molar-refractivity contribution in [2.24, 2.45) is 0 Å². The molecule has 0 spiro atoms. The first kappa shape index (κ1) is 17.0. The molecule has 0 amide bonds. The van der Waals surface area contributed by atoms with Crippen molar-refractivity contribution >= 4 is 0 Å². The summed E-state index contributed by atoms with van der Waals surface area (Å²) in [6.45, 7) is 5.30. The Bertz CT molecular complexity index is 363. The van der Waals surface area contributed by atoms with Crippen molar-refractivity contribution in [2.75, 3.05) is 46.7 Å². The Hall–Kier alpha value is -1.01. The van der Waals surface area contributed by atoms with Crippen molar-refractivity contribution < 1.29 is 18.6 Å². The lowest BCUT2D eigenvalue weighted by Crippen LogP contribution is -2.27. The molecule has 0 fully saturated rings. The first-order valence-electron chi connectivity index (χ1n) is 6.91. The van der Waals surface area contributed by atoms with E-state index in [0.717, 1.165) is 6.54 Å². The second kappa shape index (κ2) is 10.7. The van der Waals surface area contributed by atoms with E-state index in [2.05, 4.69) is 5.32 Å². The van der Waals surface area contributed by atoms with Crippen molar-refractivity contribution in [3.05, 3.63) is 35.6 Å². The predicted octanol–water partition coefficient (Wildman–Crippen LogP) is 2.16. The SMILES string of the molecule is CCNC(COCCOCCOC)c1ccccc1F. The zero-order chi connectivity index (χ0) is 14.6. The Kier molecular flexibility index (Phi) is 9.15. The van der Waals surface area contributed by atoms with Crippen molar-refractivity contribution in [3.8, 4) is 0 Å². The van der Waals surface area contributed by atoms with Crippen LogP contribution in [0.25, 0.3) is 0 Å². The van der Waals surface area contributed by atoms with E-state index in [1.54, 1.807) is 19.2 Å². The molecule has 0 bridgehead atoms. The molecule has 0 aliphatic heterocycles. The third-order valence-electron chi connectivity index (χ3n) is 2.82. The maximum absolute atomic E-state index is 13.7. The molecule has 20 heavy (non-hydrogen) atoms. The molecule has 4 nitrogen and oxygen atoms in total. The predicted molar refractivity (Wildman–Crippen MR) is 76.3 cm³/mol. The van der Waals surface area contributed by atoms with Crippen LogP contribution in [0, 0.1) is 5.82 Å². The summed E-state index contributed by atoms with van der Waals surface area (Å²) in [6, 6.07) is 6.62. The summed E-state index contributed by atoms with van der Waals surface area (Å²) in [4.78, 5) is 0. The highest BCUT2D eigenvalue weighted by molar-refractivity contribution is 5.21. The van der Waals surface area contributed by atoms with Gasteiger partial charge in [-0.3, -0.25) is 0 Å². The first-order valence-corrected chi connectivity index (χ1v) is 6.91. The number of likely N-dealkylation sites (N-methyl/N-ethyl adjacent to an activating group) is 1. The van der Waals surface area contributed by atoms with Gasteiger partial charge in [0.15, 0.2) is 0 Å². The summed E-state index contributed by atoms with van der Waals surface area (Å²) in [6.07, 6.45) is 0. The van der Waals surface area contributed by atoms with Crippen LogP contribution in [0.3, 0.4) is 0 Å². The van der Waals surface area contributed by atoms with E-state index in [1.807, 2.05) is 13.0 Å². The molecule has 1 N–H and O–H groups in total. The molecule has 5 heteroatoms. The first-order chi connectivity index (χ1) is 9.79. The smallest absolute Gasteiger partial charge is 0.128 e. The molecule has 0 aliphatic carbocycles. The third kappa shape index (κ3) is 6.43. The Balaban J connectivity index is 2.31. The highest BCUT2D eigenvalue weighted by atomic mass is 19.1. The van der Waals surface area contributed by atoms with Crippen LogP contribution >= 0.6 is 0 Å². The largest absolute Gasteiger partial charge is 0.382 e. The average molecular weight is 285 g/mol. The molecule has 1 rings (SSSR count). The second-order valence-corrected chi connectivity index (χ2v) is 4.31. The molecule has 0 radical (unpaired) electrons. The molecule has 1 aromatic carbocycles. The number of benzene rings is 1. The Morgan fingerprint density at radius 3 is 2.50 bits per heavy atom. The number of nitrogens with one attached hydrogen (secondary N) is 1. The lowest BCUT2D eigenvalue weighted by atomic mass is 10.1. The molecule has 0 saturated carbocycles. The second-order valence-electron chi connectivity index (χ2n) is 4.31. The molecule has 1 aromatic rings. The van der Waals surface area contributed by atoms with E-state index in [0.29, 0.717) is 38.6 Å². The maximum Gasteiger partial charge on any atom is 0.128 e. The summed E-state index contributed by atoms with van der Waals surface area (Å²) in [7, 11) is 1.63. The van der Waals surface area contributed by atoms with E-state index < -0.39 is 0 Å². The standard InChI is InChI=1S/C15H24FNO3/c1-3-17-15(13-6-4-5-7-14(13)16)12-20-11-10-19-9-8-18-2/h4-7,15,17H,3,8-12H2,1-2H3. The van der Waals surface area contributed by atoms with Crippen LogP contribution in [0.5, 0.6) is 0 Å². The van der Waals surface area contributed by atoms with Crippen LogP contribution < -0.4 is 5.32 Å². The van der Waals surface area contributed by atoms with E-state index in [9.17, 15) is 4.39 Å². The fourth-order valence-electron chi connectivity index (χ4n) is 1.83. The van der Waals surface area contributed by atoms with Crippen molar-refractivity contribution in [1.29, 1.82) is 0 Å². The summed E-state index contributed by atoms with van der Waals surface area (Å²) in [5, 5.41) is 3.23. The van der Waals surface area contributed by atoms with E-state index in [1.165, 1.54) is 6.07 Å². The van der Waals surface area contributed by atoms with Gasteiger partial charge in [0.1, 0.15) is 5.82 Å². The highest BCUT2D eigenvalue weighted by Gasteiger charge is 2.14. The minimum Gasteiger partial charge on any atom is -0.382 e. The van der Waals surface area contributed by atoms with Gasteiger partial charge in [-0.1, -0.05) is 25.1 Å². The Labute approximate surface area is 120 Å². The maximum atomic E-state index is 13.7. The van der Waals surface area contributed by atoms with Gasteiger partial charge in [-0.2, -0.15) is 0 Å². The molecule has 0 aromatic heterocycles. The van der Waals surface area contributed by atoms with Gasteiger partial charge in [0.05, 0.1) is 39.1 Å². The van der Waals surface area contributed by atoms with Crippen LogP contribution in [0.15, 0.2) is 24.3 Å². The molecule has 1 atom stereocenters. The number of hydrogen-bond acceptors (Lipinski definition) is 4. The van der Waals surface area contributed by atoms with Crippen LogP contribution in [-0.2, 0) is 14.2 Å². The number of hydrogen-bond donors (Lipinski definition) is 1. The fraction of sp³-hybridized carbons (Fsp3) is 0.600. The number of methoxy groups -OCH3 is 1. The van der Waals surface area contributed by atoms with Gasteiger partial charge in [0.2, 0.25) is 0 Å². The van der Waals surface area contributed by atoms with Crippen molar-refractivity contribution in [2.45, 2.75) is 13.0 Å². The molecule has 1 unspecified atom stereocenters. The molecule has 0 heterocycles. The molecule has 0 aliphatic rings. The summed E-state index contributed by atoms with van der Waals surface area (Å²) >= 11 is 0. The van der Waals surface area contributed by atoms with Gasteiger partial charge in [-0.05, 0) is 12.6 Å². The van der Waals surface area contributed by atoms with Gasteiger partial charge in [-0.15, -0.1) is 0 Å². The zero-order valence-electron chi connectivity index (χ0n) is 12.2. The lowest BCUT2D eigenvalue weighted by molar-refractivity contribution is 0.0192. The van der Waals surface area contributed by atoms with Gasteiger partial charge in [0.25, 0.3) is 0 Å². The Morgan fingerprint density at radius 1 is 1.10 bits per heavy atom. The van der Waals surface area contributed by atoms with Gasteiger partial charge in [-0.25, -0.2) is 4.39 Å². The normalized spacial score (nSPS) is 12.6. The van der Waals surface area contributed by atoms with Gasteiger partial charge in [0, 0.05) is 12.7 Å². The highest BCUT2D eigenvalue weighted by Crippen LogP contribution is 2.17. The summed E-state index contributed by atoms with van der Waals surface area (Å²) in [5.41, 5.74) is 0.634. The monoisotopic (exact) mass is 285 g/mol. The van der Waals surface area contributed by atoms with Crippen LogP contribution in [-0.4, -0.2) is 46.7 Å². The quantitative estimate of drug-likeness (QED) is 0.632. The molecular weight excluding hydrogens is 261 g/mol. The molecule has 0 saturated heterocycles. The topological polar surface area (TPSA) is 39.7 Å². The Morgan fingerprint density at radius 2 is 1.80 bits per heavy atom. The van der Waals surface area contributed by atoms with Crippen LogP contribution in [0.2, 0.25) is 0 Å². The van der Waals surface area contributed by atoms with Crippen molar-refractivity contribution in [3.63, 3.8) is 0 Å². The number of rotatable bonds is 11.